The van der Waals surface area contributed by atoms with Crippen molar-refractivity contribution in [3.63, 3.8) is 0 Å². The lowest BCUT2D eigenvalue weighted by Crippen LogP contribution is -2.67. The van der Waals surface area contributed by atoms with E-state index in [0.717, 1.165) is 12.5 Å². The number of esters is 1. The van der Waals surface area contributed by atoms with Crippen LogP contribution in [0.1, 0.15) is 92.6 Å². The number of hydrogen-bond acceptors (Lipinski definition) is 9. The molecule has 9 nitrogen and oxygen atoms in total. The highest BCUT2D eigenvalue weighted by molar-refractivity contribution is 6.25. The Bertz CT molecular complexity index is 1740. The van der Waals surface area contributed by atoms with Gasteiger partial charge < -0.3 is 25.2 Å². The second-order valence-electron chi connectivity index (χ2n) is 13.9. The molecule has 0 heterocycles. The minimum Gasteiger partial charge on any atom is -0.511 e. The van der Waals surface area contributed by atoms with Gasteiger partial charge in [0.25, 0.3) is 0 Å². The average molecular weight is 617 g/mol. The number of hydrogen-bond donors (Lipinski definition) is 4. The third-order valence-corrected chi connectivity index (χ3v) is 10.3. The number of fused-ring (bicyclic) bond motifs is 3. The summed E-state index contributed by atoms with van der Waals surface area (Å²) in [6.07, 6.45) is 0.227. The Balaban J connectivity index is 1.79. The zero-order valence-electron chi connectivity index (χ0n) is 26.9. The van der Waals surface area contributed by atoms with E-state index >= 15 is 0 Å². The molecule has 0 aromatic heterocycles. The van der Waals surface area contributed by atoms with Crippen molar-refractivity contribution >= 4 is 23.3 Å². The number of Topliss-reactive ketones (excluding diaryl/α,β-unsaturated/α-hetero) is 3. The number of phenols is 1. The van der Waals surface area contributed by atoms with E-state index in [-0.39, 0.29) is 41.6 Å². The lowest BCUT2D eigenvalue weighted by atomic mass is 9.44. The van der Waals surface area contributed by atoms with Crippen LogP contribution >= 0.6 is 0 Å². The molecule has 0 saturated heterocycles. The van der Waals surface area contributed by atoms with Crippen LogP contribution in [-0.4, -0.2) is 56.5 Å². The van der Waals surface area contributed by atoms with Gasteiger partial charge in [0, 0.05) is 27.9 Å². The number of aliphatic hydroxyl groups is 3. The summed E-state index contributed by atoms with van der Waals surface area (Å²) in [7, 11) is 1.28. The number of benzene rings is 2. The smallest absolute Gasteiger partial charge is 0.337 e. The number of rotatable bonds is 5. The molecule has 1 unspecified atom stereocenters. The van der Waals surface area contributed by atoms with Crippen LogP contribution in [-0.2, 0) is 20.7 Å². The number of carbonyl (C=O) groups is 4. The number of ketones is 3. The van der Waals surface area contributed by atoms with Crippen molar-refractivity contribution in [3.8, 4) is 16.9 Å². The van der Waals surface area contributed by atoms with Crippen LogP contribution < -0.4 is 0 Å². The minimum atomic E-state index is -2.67. The van der Waals surface area contributed by atoms with Crippen molar-refractivity contribution in [1.82, 2.24) is 0 Å². The third kappa shape index (κ3) is 4.23. The van der Waals surface area contributed by atoms with Gasteiger partial charge in [-0.3, -0.25) is 14.4 Å². The van der Waals surface area contributed by atoms with E-state index < -0.39 is 62.8 Å². The van der Waals surface area contributed by atoms with E-state index in [2.05, 4.69) is 0 Å². The van der Waals surface area contributed by atoms with Gasteiger partial charge >= 0.3 is 5.97 Å². The van der Waals surface area contributed by atoms with Gasteiger partial charge in [0.15, 0.2) is 17.2 Å². The molecule has 0 amide bonds. The summed E-state index contributed by atoms with van der Waals surface area (Å²) in [5, 5.41) is 47.2. The summed E-state index contributed by atoms with van der Waals surface area (Å²) in [5.41, 5.74) is -3.49. The van der Waals surface area contributed by atoms with Gasteiger partial charge in [0.1, 0.15) is 22.8 Å². The molecule has 45 heavy (non-hydrogen) atoms. The predicted octanol–water partition coefficient (Wildman–Crippen LogP) is 5.92. The van der Waals surface area contributed by atoms with Crippen LogP contribution in [0.5, 0.6) is 5.75 Å². The SMILES string of the molecule is COC(=O)c1ccc(-c2cc(C(C)C)c3c(c2O)C(=O)C2=C(O)[C@@]4(O)C(=O)C(C(C)=O)=C(O)C(C(C)C)[C@@]4(C)C[C@@]2(C)C3)cc1. The summed E-state index contributed by atoms with van der Waals surface area (Å²) in [5.74, 6) is -6.07. The van der Waals surface area contributed by atoms with Crippen molar-refractivity contribution in [3.05, 3.63) is 75.3 Å². The summed E-state index contributed by atoms with van der Waals surface area (Å²) in [6, 6.07) is 8.20. The molecule has 3 aliphatic carbocycles. The molecule has 0 radical (unpaired) electrons. The van der Waals surface area contributed by atoms with E-state index in [0.29, 0.717) is 22.3 Å². The number of carbonyl (C=O) groups excluding carboxylic acids is 4. The lowest BCUT2D eigenvalue weighted by Gasteiger charge is -2.59. The molecule has 238 valence electrons. The largest absolute Gasteiger partial charge is 0.511 e. The predicted molar refractivity (Wildman–Crippen MR) is 166 cm³/mol. The molecule has 0 saturated carbocycles. The summed E-state index contributed by atoms with van der Waals surface area (Å²) in [4.78, 5) is 53.1. The Morgan fingerprint density at radius 1 is 1.00 bits per heavy atom. The minimum absolute atomic E-state index is 0.0277. The molecule has 0 aliphatic heterocycles. The number of allylic oxidation sites excluding steroid dienone is 2. The molecule has 9 heteroatoms. The second kappa shape index (κ2) is 10.4. The van der Waals surface area contributed by atoms with E-state index in [1.54, 1.807) is 52.0 Å². The van der Waals surface area contributed by atoms with Crippen LogP contribution in [0.4, 0.5) is 0 Å². The number of aromatic hydroxyl groups is 1. The van der Waals surface area contributed by atoms with Gasteiger partial charge in [-0.15, -0.1) is 0 Å². The monoisotopic (exact) mass is 616 g/mol. The number of aliphatic hydroxyl groups excluding tert-OH is 2. The van der Waals surface area contributed by atoms with Crippen LogP contribution in [0.15, 0.2) is 53.0 Å². The highest BCUT2D eigenvalue weighted by Crippen LogP contribution is 2.65. The summed E-state index contributed by atoms with van der Waals surface area (Å²) < 4.78 is 4.78. The molecule has 4 atom stereocenters. The van der Waals surface area contributed by atoms with Gasteiger partial charge in [-0.1, -0.05) is 53.7 Å². The Hall–Kier alpha value is -4.24. The van der Waals surface area contributed by atoms with Crippen LogP contribution in [0, 0.1) is 22.7 Å². The van der Waals surface area contributed by atoms with Gasteiger partial charge in [-0.2, -0.15) is 0 Å². The normalized spacial score (nSPS) is 27.8. The fourth-order valence-corrected chi connectivity index (χ4v) is 8.47. The van der Waals surface area contributed by atoms with E-state index in [4.69, 9.17) is 4.74 Å². The van der Waals surface area contributed by atoms with Crippen LogP contribution in [0.2, 0.25) is 0 Å². The fraction of sp³-hybridized carbons (Fsp3) is 0.444. The molecule has 2 aromatic rings. The van der Waals surface area contributed by atoms with Crippen LogP contribution in [0.25, 0.3) is 11.1 Å². The number of methoxy groups -OCH3 is 1. The van der Waals surface area contributed by atoms with Crippen molar-refractivity contribution in [2.75, 3.05) is 7.11 Å². The van der Waals surface area contributed by atoms with Crippen molar-refractivity contribution < 1.29 is 44.3 Å². The number of phenolic OH excluding ortho intramolecular Hbond substituents is 1. The number of ether oxygens (including phenoxy) is 1. The first-order chi connectivity index (χ1) is 20.9. The van der Waals surface area contributed by atoms with Gasteiger partial charge in [-0.25, -0.2) is 4.79 Å². The highest BCUT2D eigenvalue weighted by Gasteiger charge is 2.71. The zero-order chi connectivity index (χ0) is 33.5. The van der Waals surface area contributed by atoms with Gasteiger partial charge in [-0.05, 0) is 66.5 Å². The highest BCUT2D eigenvalue weighted by atomic mass is 16.5. The maximum Gasteiger partial charge on any atom is 0.337 e. The van der Waals surface area contributed by atoms with Crippen molar-refractivity contribution in [1.29, 1.82) is 0 Å². The molecule has 4 N–H and O–H groups in total. The summed E-state index contributed by atoms with van der Waals surface area (Å²) >= 11 is 0. The maximum atomic E-state index is 14.6. The van der Waals surface area contributed by atoms with Gasteiger partial charge in [0.2, 0.25) is 5.78 Å². The molecule has 0 spiro atoms. The van der Waals surface area contributed by atoms with E-state index in [1.807, 2.05) is 19.9 Å². The topological polar surface area (TPSA) is 158 Å². The summed E-state index contributed by atoms with van der Waals surface area (Å²) in [6.45, 7) is 12.0. The molecular weight excluding hydrogens is 576 g/mol. The molecule has 5 rings (SSSR count). The van der Waals surface area contributed by atoms with Gasteiger partial charge in [0.05, 0.1) is 18.2 Å². The zero-order valence-corrected chi connectivity index (χ0v) is 26.9. The molecule has 2 aromatic carbocycles. The molecule has 0 bridgehead atoms. The van der Waals surface area contributed by atoms with Crippen LogP contribution in [0.3, 0.4) is 0 Å². The van der Waals surface area contributed by atoms with Crippen molar-refractivity contribution in [2.24, 2.45) is 22.7 Å². The first-order valence-electron chi connectivity index (χ1n) is 15.1. The van der Waals surface area contributed by atoms with E-state index in [9.17, 15) is 39.6 Å². The lowest BCUT2D eigenvalue weighted by molar-refractivity contribution is -0.171. The molecular formula is C36H40O9. The molecule has 3 aliphatic rings. The standard InChI is InChI=1S/C36H40O9/c1-16(2)21-13-22(19-9-11-20(12-10-19)33(43)45-8)28(38)25-23(21)14-34(6)15-35(7)26(17(3)4)29(39)24(18(5)37)31(41)36(35,44)32(42)27(34)30(25)40/h9-13,16-17,26,38-39,42,44H,14-15H2,1-8H3/t26?,34-,35-,36+/m1/s1. The van der Waals surface area contributed by atoms with Crippen molar-refractivity contribution in [2.45, 2.75) is 72.8 Å². The second-order valence-corrected chi connectivity index (χ2v) is 13.9. The quantitative estimate of drug-likeness (QED) is 0.236. The first-order valence-corrected chi connectivity index (χ1v) is 15.1. The fourth-order valence-electron chi connectivity index (χ4n) is 8.47. The Morgan fingerprint density at radius 2 is 1.60 bits per heavy atom. The van der Waals surface area contributed by atoms with E-state index in [1.165, 1.54) is 7.11 Å². The maximum absolute atomic E-state index is 14.6. The third-order valence-electron chi connectivity index (χ3n) is 10.3. The Labute approximate surface area is 262 Å². The first kappa shape index (κ1) is 32.2. The Kier molecular flexibility index (Phi) is 7.44. The average Bonchev–Trinajstić information content (AvgIpc) is 2.94. The molecule has 0 fully saturated rings. The Morgan fingerprint density at radius 3 is 2.11 bits per heavy atom.